The van der Waals surface area contributed by atoms with Gasteiger partial charge in [-0.15, -0.1) is 11.3 Å². The van der Waals surface area contributed by atoms with Crippen molar-refractivity contribution in [2.24, 2.45) is 0 Å². The monoisotopic (exact) mass is 341 g/mol. The van der Waals surface area contributed by atoms with E-state index in [9.17, 15) is 13.2 Å². The molecule has 0 atom stereocenters. The Morgan fingerprint density at radius 3 is 2.64 bits per heavy atom. The van der Waals surface area contributed by atoms with Crippen LogP contribution in [0.25, 0.3) is 0 Å². The van der Waals surface area contributed by atoms with Crippen LogP contribution in [0.15, 0.2) is 22.4 Å². The summed E-state index contributed by atoms with van der Waals surface area (Å²) < 4.78 is 27.0. The first-order valence-corrected chi connectivity index (χ1v) is 8.72. The van der Waals surface area contributed by atoms with E-state index in [1.54, 1.807) is 26.0 Å². The predicted octanol–water partition coefficient (Wildman–Crippen LogP) is 1.37. The van der Waals surface area contributed by atoms with Crippen molar-refractivity contribution in [1.29, 1.82) is 0 Å². The van der Waals surface area contributed by atoms with Gasteiger partial charge in [0.25, 0.3) is 10.0 Å². The summed E-state index contributed by atoms with van der Waals surface area (Å²) in [5, 5.41) is 9.55. The first kappa shape index (κ1) is 16.5. The fourth-order valence-electron chi connectivity index (χ4n) is 1.88. The molecule has 0 radical (unpaired) electrons. The molecule has 0 amide bonds. The Hall–Kier alpha value is -1.84. The lowest BCUT2D eigenvalue weighted by molar-refractivity contribution is 0.0690. The number of thiazole rings is 1. The molecule has 2 aromatic heterocycles. The van der Waals surface area contributed by atoms with Gasteiger partial charge < -0.3 is 5.11 Å². The zero-order valence-corrected chi connectivity index (χ0v) is 13.7. The van der Waals surface area contributed by atoms with Gasteiger partial charge in [-0.2, -0.15) is 0 Å². The van der Waals surface area contributed by atoms with E-state index in [2.05, 4.69) is 14.7 Å². The molecule has 0 fully saturated rings. The highest BCUT2D eigenvalue weighted by atomic mass is 32.2. The first-order chi connectivity index (χ1) is 10.3. The van der Waals surface area contributed by atoms with E-state index in [0.717, 1.165) is 11.3 Å². The highest BCUT2D eigenvalue weighted by Gasteiger charge is 2.20. The van der Waals surface area contributed by atoms with Crippen LogP contribution >= 0.6 is 11.3 Å². The topological polar surface area (TPSA) is 109 Å². The molecule has 7 nitrogen and oxygen atoms in total. The number of nitrogens with one attached hydrogen (secondary N) is 1. The number of rotatable bonds is 6. The van der Waals surface area contributed by atoms with Gasteiger partial charge in [0.05, 0.1) is 10.7 Å². The van der Waals surface area contributed by atoms with E-state index in [-0.39, 0.29) is 16.4 Å². The minimum absolute atomic E-state index is 0.0608. The third kappa shape index (κ3) is 3.87. The molecular formula is C13H15N3O4S2. The van der Waals surface area contributed by atoms with E-state index in [1.165, 1.54) is 6.07 Å². The molecule has 9 heteroatoms. The van der Waals surface area contributed by atoms with Crippen molar-refractivity contribution in [3.63, 3.8) is 0 Å². The highest BCUT2D eigenvalue weighted by Crippen LogP contribution is 2.22. The molecule has 0 unspecified atom stereocenters. The summed E-state index contributed by atoms with van der Waals surface area (Å²) in [4.78, 5) is 18.9. The fourth-order valence-corrected chi connectivity index (χ4v) is 4.44. The average Bonchev–Trinajstić information content (AvgIpc) is 2.79. The summed E-state index contributed by atoms with van der Waals surface area (Å²) in [6, 6.07) is 4.62. The SMILES string of the molecule is Cc1nc(C)c(S(=O)(=O)NCCc2cccc(C(=O)O)n2)s1. The highest BCUT2D eigenvalue weighted by molar-refractivity contribution is 7.91. The van der Waals surface area contributed by atoms with Crippen LogP contribution in [0.4, 0.5) is 0 Å². The van der Waals surface area contributed by atoms with Crippen molar-refractivity contribution in [1.82, 2.24) is 14.7 Å². The molecule has 2 heterocycles. The standard InChI is InChI=1S/C13H15N3O4S2/c1-8-13(21-9(2)15-8)22(19,20)14-7-6-10-4-3-5-11(16-10)12(17)18/h3-5,14H,6-7H2,1-2H3,(H,17,18). The van der Waals surface area contributed by atoms with Gasteiger partial charge in [0.2, 0.25) is 0 Å². The number of carboxylic acid groups (broad SMARTS) is 1. The number of sulfonamides is 1. The number of aromatic carboxylic acids is 1. The third-order valence-electron chi connectivity index (χ3n) is 2.80. The summed E-state index contributed by atoms with van der Waals surface area (Å²) in [6.07, 6.45) is 0.303. The normalized spacial score (nSPS) is 11.5. The zero-order valence-electron chi connectivity index (χ0n) is 12.0. The summed E-state index contributed by atoms with van der Waals surface area (Å²) in [7, 11) is -3.60. The Morgan fingerprint density at radius 1 is 1.32 bits per heavy atom. The summed E-state index contributed by atoms with van der Waals surface area (Å²) in [5.74, 6) is -1.11. The van der Waals surface area contributed by atoms with Gasteiger partial charge in [-0.05, 0) is 26.0 Å². The number of carboxylic acids is 1. The van der Waals surface area contributed by atoms with Gasteiger partial charge in [-0.25, -0.2) is 27.9 Å². The molecule has 2 N–H and O–H groups in total. The predicted molar refractivity (Wildman–Crippen MR) is 81.7 cm³/mol. The van der Waals surface area contributed by atoms with Gasteiger partial charge in [0, 0.05) is 18.7 Å². The zero-order chi connectivity index (χ0) is 16.3. The second kappa shape index (κ2) is 6.51. The van der Waals surface area contributed by atoms with Crippen molar-refractivity contribution in [2.45, 2.75) is 24.5 Å². The molecule has 22 heavy (non-hydrogen) atoms. The summed E-state index contributed by atoms with van der Waals surface area (Å²) in [5.41, 5.74) is 0.926. The Kier molecular flexibility index (Phi) is 4.89. The first-order valence-electron chi connectivity index (χ1n) is 6.42. The van der Waals surface area contributed by atoms with Crippen LogP contribution in [-0.4, -0.2) is 36.0 Å². The van der Waals surface area contributed by atoms with E-state index < -0.39 is 16.0 Å². The molecule has 0 aliphatic heterocycles. The third-order valence-corrected chi connectivity index (χ3v) is 5.95. The molecule has 118 valence electrons. The molecule has 2 rings (SSSR count). The number of hydrogen-bond acceptors (Lipinski definition) is 6. The summed E-state index contributed by atoms with van der Waals surface area (Å²) in [6.45, 7) is 3.53. The maximum absolute atomic E-state index is 12.2. The molecule has 0 aliphatic carbocycles. The van der Waals surface area contributed by atoms with Gasteiger partial charge in [0.1, 0.15) is 5.69 Å². The van der Waals surface area contributed by atoms with Crippen molar-refractivity contribution in [3.8, 4) is 0 Å². The molecule has 0 aliphatic rings. The maximum Gasteiger partial charge on any atom is 0.354 e. The van der Waals surface area contributed by atoms with Crippen LogP contribution in [0.3, 0.4) is 0 Å². The number of carbonyl (C=O) groups is 1. The minimum atomic E-state index is -3.60. The Bertz CT molecular complexity index is 799. The second-order valence-electron chi connectivity index (χ2n) is 4.57. The summed E-state index contributed by atoms with van der Waals surface area (Å²) >= 11 is 1.12. The van der Waals surface area contributed by atoms with Crippen LogP contribution < -0.4 is 4.72 Å². The van der Waals surface area contributed by atoms with Crippen molar-refractivity contribution >= 4 is 27.3 Å². The van der Waals surface area contributed by atoms with Gasteiger partial charge >= 0.3 is 5.97 Å². The Balaban J connectivity index is 2.03. The van der Waals surface area contributed by atoms with E-state index in [4.69, 9.17) is 5.11 Å². The number of nitrogens with zero attached hydrogens (tertiary/aromatic N) is 2. The van der Waals surface area contributed by atoms with Crippen molar-refractivity contribution in [3.05, 3.63) is 40.3 Å². The van der Waals surface area contributed by atoms with E-state index in [0.29, 0.717) is 22.8 Å². The molecule has 0 spiro atoms. The number of aryl methyl sites for hydroxylation is 2. The fraction of sp³-hybridized carbons (Fsp3) is 0.308. The molecule has 0 saturated carbocycles. The van der Waals surface area contributed by atoms with Crippen LogP contribution in [-0.2, 0) is 16.4 Å². The molecule has 0 bridgehead atoms. The van der Waals surface area contributed by atoms with Crippen LogP contribution in [0.2, 0.25) is 0 Å². The molecule has 2 aromatic rings. The van der Waals surface area contributed by atoms with Gasteiger partial charge in [-0.3, -0.25) is 0 Å². The minimum Gasteiger partial charge on any atom is -0.477 e. The van der Waals surface area contributed by atoms with Crippen LogP contribution in [0.5, 0.6) is 0 Å². The maximum atomic E-state index is 12.2. The molecular weight excluding hydrogens is 326 g/mol. The number of hydrogen-bond donors (Lipinski definition) is 2. The lowest BCUT2D eigenvalue weighted by Gasteiger charge is -2.05. The number of pyridine rings is 1. The largest absolute Gasteiger partial charge is 0.477 e. The second-order valence-corrected chi connectivity index (χ2v) is 7.74. The Morgan fingerprint density at radius 2 is 2.05 bits per heavy atom. The van der Waals surface area contributed by atoms with Crippen LogP contribution in [0.1, 0.15) is 26.9 Å². The lowest BCUT2D eigenvalue weighted by Crippen LogP contribution is -2.26. The quantitative estimate of drug-likeness (QED) is 0.821. The van der Waals surface area contributed by atoms with Crippen LogP contribution in [0, 0.1) is 13.8 Å². The lowest BCUT2D eigenvalue weighted by atomic mass is 10.2. The number of aromatic nitrogens is 2. The van der Waals surface area contributed by atoms with Gasteiger partial charge in [0.15, 0.2) is 4.21 Å². The van der Waals surface area contributed by atoms with Gasteiger partial charge in [-0.1, -0.05) is 6.07 Å². The van der Waals surface area contributed by atoms with E-state index >= 15 is 0 Å². The van der Waals surface area contributed by atoms with E-state index in [1.807, 2.05) is 0 Å². The average molecular weight is 341 g/mol. The molecule has 0 saturated heterocycles. The smallest absolute Gasteiger partial charge is 0.354 e. The van der Waals surface area contributed by atoms with Crippen molar-refractivity contribution in [2.75, 3.05) is 6.54 Å². The Labute approximate surface area is 132 Å². The van der Waals surface area contributed by atoms with Crippen molar-refractivity contribution < 1.29 is 18.3 Å². The molecule has 0 aromatic carbocycles.